The zero-order chi connectivity index (χ0) is 26.2. The number of carbonyl (C=O) groups is 1. The number of benzene rings is 2. The number of methoxy groups -OCH3 is 1. The van der Waals surface area contributed by atoms with Gasteiger partial charge in [0.25, 0.3) is 5.91 Å². The second-order valence-corrected chi connectivity index (χ2v) is 10.4. The SMILES string of the molecule is COCCCO[C@H]1CCCC[C@@H]1n1cnc(C(=O)N2CCNC[C@H]2Cc2ccccc2)c1-c1ccccc1. The number of piperazine rings is 1. The molecule has 0 spiro atoms. The van der Waals surface area contributed by atoms with Crippen LogP contribution in [0.2, 0.25) is 0 Å². The van der Waals surface area contributed by atoms with Crippen molar-refractivity contribution in [2.75, 3.05) is 40.0 Å². The van der Waals surface area contributed by atoms with Gasteiger partial charge in [-0.25, -0.2) is 4.98 Å². The highest BCUT2D eigenvalue weighted by Gasteiger charge is 2.34. The summed E-state index contributed by atoms with van der Waals surface area (Å²) >= 11 is 0. The van der Waals surface area contributed by atoms with Gasteiger partial charge < -0.3 is 24.3 Å². The van der Waals surface area contributed by atoms with Crippen molar-refractivity contribution in [3.63, 3.8) is 0 Å². The molecule has 2 heterocycles. The lowest BCUT2D eigenvalue weighted by molar-refractivity contribution is -0.0125. The summed E-state index contributed by atoms with van der Waals surface area (Å²) in [6, 6.07) is 20.9. The molecule has 1 aliphatic heterocycles. The summed E-state index contributed by atoms with van der Waals surface area (Å²) in [6.45, 7) is 3.62. The molecule has 0 radical (unpaired) electrons. The highest BCUT2D eigenvalue weighted by molar-refractivity contribution is 5.98. The van der Waals surface area contributed by atoms with Crippen LogP contribution in [0.5, 0.6) is 0 Å². The number of nitrogens with zero attached hydrogens (tertiary/aromatic N) is 3. The minimum atomic E-state index is 0.0124. The number of hydrogen-bond donors (Lipinski definition) is 1. The average Bonchev–Trinajstić information content (AvgIpc) is 3.42. The second-order valence-electron chi connectivity index (χ2n) is 10.4. The Labute approximate surface area is 226 Å². The number of rotatable bonds is 10. The van der Waals surface area contributed by atoms with Gasteiger partial charge in [0.2, 0.25) is 0 Å². The molecule has 0 unspecified atom stereocenters. The number of amides is 1. The summed E-state index contributed by atoms with van der Waals surface area (Å²) in [5.41, 5.74) is 3.71. The molecular formula is C31H40N4O3. The summed E-state index contributed by atoms with van der Waals surface area (Å²) in [5.74, 6) is 0.0124. The van der Waals surface area contributed by atoms with Crippen molar-refractivity contribution in [1.82, 2.24) is 19.8 Å². The predicted octanol–water partition coefficient (Wildman–Crippen LogP) is 4.74. The maximum absolute atomic E-state index is 14.2. The Morgan fingerprint density at radius 2 is 1.79 bits per heavy atom. The third kappa shape index (κ3) is 6.17. The second kappa shape index (κ2) is 13.2. The van der Waals surface area contributed by atoms with E-state index in [1.54, 1.807) is 7.11 Å². The van der Waals surface area contributed by atoms with Crippen LogP contribution in [0.1, 0.15) is 54.2 Å². The molecule has 38 heavy (non-hydrogen) atoms. The highest BCUT2D eigenvalue weighted by atomic mass is 16.5. The molecule has 3 aromatic rings. The van der Waals surface area contributed by atoms with Crippen molar-refractivity contribution in [2.24, 2.45) is 0 Å². The molecule has 2 fully saturated rings. The first kappa shape index (κ1) is 26.6. The maximum Gasteiger partial charge on any atom is 0.275 e. The number of aromatic nitrogens is 2. The standard InChI is InChI=1S/C31H40N4O3/c1-37-19-10-20-38-28-16-9-8-15-27(28)35-23-33-29(30(35)25-13-6-3-7-14-25)31(36)34-18-17-32-22-26(34)21-24-11-4-2-5-12-24/h2-7,11-14,23,26-28,32H,8-10,15-22H2,1H3/t26-,27+,28+/m1/s1. The topological polar surface area (TPSA) is 68.6 Å². The molecule has 1 saturated heterocycles. The van der Waals surface area contributed by atoms with Crippen LogP contribution in [0, 0.1) is 0 Å². The molecule has 1 aromatic heterocycles. The molecule has 2 aliphatic rings. The highest BCUT2D eigenvalue weighted by Crippen LogP contribution is 2.36. The van der Waals surface area contributed by atoms with E-state index in [0.717, 1.165) is 62.9 Å². The van der Waals surface area contributed by atoms with Gasteiger partial charge in [0, 0.05) is 51.6 Å². The molecule has 3 atom stereocenters. The zero-order valence-electron chi connectivity index (χ0n) is 22.4. The van der Waals surface area contributed by atoms with E-state index in [4.69, 9.17) is 14.5 Å². The first-order valence-corrected chi connectivity index (χ1v) is 14.0. The summed E-state index contributed by atoms with van der Waals surface area (Å²) in [5, 5.41) is 3.48. The predicted molar refractivity (Wildman–Crippen MR) is 149 cm³/mol. The summed E-state index contributed by atoms with van der Waals surface area (Å²) < 4.78 is 13.8. The normalized spacial score (nSPS) is 21.9. The van der Waals surface area contributed by atoms with Gasteiger partial charge in [-0.15, -0.1) is 0 Å². The van der Waals surface area contributed by atoms with E-state index >= 15 is 0 Å². The Morgan fingerprint density at radius 3 is 2.58 bits per heavy atom. The van der Waals surface area contributed by atoms with Crippen molar-refractivity contribution in [3.8, 4) is 11.3 Å². The van der Waals surface area contributed by atoms with Crippen molar-refractivity contribution < 1.29 is 14.3 Å². The van der Waals surface area contributed by atoms with Gasteiger partial charge in [-0.3, -0.25) is 4.79 Å². The number of nitrogens with one attached hydrogen (secondary N) is 1. The van der Waals surface area contributed by atoms with Crippen molar-refractivity contribution in [3.05, 3.63) is 78.2 Å². The fraction of sp³-hybridized carbons (Fsp3) is 0.484. The van der Waals surface area contributed by atoms with Crippen molar-refractivity contribution in [1.29, 1.82) is 0 Å². The van der Waals surface area contributed by atoms with E-state index in [2.05, 4.69) is 46.3 Å². The maximum atomic E-state index is 14.2. The van der Waals surface area contributed by atoms with Crippen molar-refractivity contribution >= 4 is 5.91 Å². The van der Waals surface area contributed by atoms with Gasteiger partial charge in [-0.1, -0.05) is 73.5 Å². The fourth-order valence-corrected chi connectivity index (χ4v) is 5.91. The van der Waals surface area contributed by atoms with Gasteiger partial charge in [0.05, 0.1) is 24.2 Å². The molecule has 1 N–H and O–H groups in total. The van der Waals surface area contributed by atoms with E-state index < -0.39 is 0 Å². The lowest BCUT2D eigenvalue weighted by Crippen LogP contribution is -2.54. The minimum Gasteiger partial charge on any atom is -0.385 e. The molecule has 1 saturated carbocycles. The minimum absolute atomic E-state index is 0.0124. The molecule has 5 rings (SSSR count). The largest absolute Gasteiger partial charge is 0.385 e. The van der Waals surface area contributed by atoms with E-state index in [0.29, 0.717) is 25.5 Å². The van der Waals surface area contributed by atoms with Crippen LogP contribution in [0.4, 0.5) is 0 Å². The molecule has 202 valence electrons. The van der Waals surface area contributed by atoms with Gasteiger partial charge >= 0.3 is 0 Å². The average molecular weight is 517 g/mol. The number of hydrogen-bond acceptors (Lipinski definition) is 5. The van der Waals surface area contributed by atoms with Crippen molar-refractivity contribution in [2.45, 2.75) is 56.7 Å². The first-order chi connectivity index (χ1) is 18.8. The van der Waals surface area contributed by atoms with Crippen LogP contribution in [0.15, 0.2) is 67.0 Å². The van der Waals surface area contributed by atoms with Crippen LogP contribution in [0.25, 0.3) is 11.3 Å². The number of carbonyl (C=O) groups excluding carboxylic acids is 1. The third-order valence-electron chi connectivity index (χ3n) is 7.82. The van der Waals surface area contributed by atoms with Crippen LogP contribution in [0.3, 0.4) is 0 Å². The Balaban J connectivity index is 1.45. The molecular weight excluding hydrogens is 476 g/mol. The molecule has 1 amide bonds. The van der Waals surface area contributed by atoms with Crippen LogP contribution in [-0.4, -0.2) is 72.5 Å². The Morgan fingerprint density at radius 1 is 1.03 bits per heavy atom. The smallest absolute Gasteiger partial charge is 0.275 e. The zero-order valence-corrected chi connectivity index (χ0v) is 22.4. The monoisotopic (exact) mass is 516 g/mol. The Hall–Kier alpha value is -3.00. The quantitative estimate of drug-likeness (QED) is 0.394. The Kier molecular flexibility index (Phi) is 9.23. The molecule has 2 aromatic carbocycles. The number of ether oxygens (including phenoxy) is 2. The van der Waals surface area contributed by atoms with Crippen LogP contribution < -0.4 is 5.32 Å². The lowest BCUT2D eigenvalue weighted by Gasteiger charge is -2.36. The van der Waals surface area contributed by atoms with Gasteiger partial charge in [0.1, 0.15) is 0 Å². The molecule has 7 nitrogen and oxygen atoms in total. The van der Waals surface area contributed by atoms with Gasteiger partial charge in [-0.05, 0) is 31.2 Å². The van der Waals surface area contributed by atoms with Gasteiger partial charge in [-0.2, -0.15) is 0 Å². The van der Waals surface area contributed by atoms with Gasteiger partial charge in [0.15, 0.2) is 5.69 Å². The number of imidazole rings is 1. The van der Waals surface area contributed by atoms with E-state index in [1.165, 1.54) is 5.56 Å². The summed E-state index contributed by atoms with van der Waals surface area (Å²) in [4.78, 5) is 21.0. The summed E-state index contributed by atoms with van der Waals surface area (Å²) in [6.07, 6.45) is 8.03. The summed E-state index contributed by atoms with van der Waals surface area (Å²) in [7, 11) is 1.72. The van der Waals surface area contributed by atoms with E-state index in [1.807, 2.05) is 35.5 Å². The molecule has 0 bridgehead atoms. The third-order valence-corrected chi connectivity index (χ3v) is 7.82. The first-order valence-electron chi connectivity index (χ1n) is 14.0. The van der Waals surface area contributed by atoms with E-state index in [9.17, 15) is 4.79 Å². The van der Waals surface area contributed by atoms with Crippen LogP contribution >= 0.6 is 0 Å². The molecule has 1 aliphatic carbocycles. The fourth-order valence-electron chi connectivity index (χ4n) is 5.91. The van der Waals surface area contributed by atoms with E-state index in [-0.39, 0.29) is 24.1 Å². The van der Waals surface area contributed by atoms with Crippen LogP contribution in [-0.2, 0) is 15.9 Å². The Bertz CT molecular complexity index is 1150. The molecule has 7 heteroatoms. The lowest BCUT2D eigenvalue weighted by atomic mass is 9.91.